The van der Waals surface area contributed by atoms with Gasteiger partial charge in [0.05, 0.1) is 6.10 Å². The molecule has 0 N–H and O–H groups in total. The molecule has 0 heterocycles. The molecule has 0 spiro atoms. The maximum Gasteiger partial charge on any atom is 0.146 e. The van der Waals surface area contributed by atoms with E-state index in [-0.39, 0.29) is 0 Å². The van der Waals surface area contributed by atoms with Crippen molar-refractivity contribution < 1.29 is 4.43 Å². The Bertz CT molecular complexity index is 73.3. The molecule has 0 bridgehead atoms. The lowest BCUT2D eigenvalue weighted by Gasteiger charge is -2.08. The monoisotopic (exact) mass is 144 g/mol. The largest absolute Gasteiger partial charge is 0.422 e. The molecule has 0 aromatic rings. The van der Waals surface area contributed by atoms with Crippen LogP contribution in [-0.4, -0.2) is 16.6 Å². The van der Waals surface area contributed by atoms with E-state index in [1.54, 1.807) is 0 Å². The van der Waals surface area contributed by atoms with E-state index in [9.17, 15) is 0 Å². The highest BCUT2D eigenvalue weighted by molar-refractivity contribution is 5.98. The minimum Gasteiger partial charge on any atom is -0.422 e. The zero-order valence-corrected chi connectivity index (χ0v) is 8.39. The van der Waals surface area contributed by atoms with Crippen molar-refractivity contribution in [2.75, 3.05) is 0 Å². The second-order valence-electron chi connectivity index (χ2n) is 2.15. The predicted molar refractivity (Wildman–Crippen MR) is 44.5 cm³/mol. The number of hydrogen-bond acceptors (Lipinski definition) is 1. The summed E-state index contributed by atoms with van der Waals surface area (Å²) in [5.74, 6) is 0. The third-order valence-corrected chi connectivity index (χ3v) is 2.01. The summed E-state index contributed by atoms with van der Waals surface area (Å²) in [4.78, 5) is 0. The van der Waals surface area contributed by atoms with Crippen LogP contribution in [0, 0.1) is 0 Å². The van der Waals surface area contributed by atoms with Crippen LogP contribution in [0.3, 0.4) is 0 Å². The summed E-state index contributed by atoms with van der Waals surface area (Å²) in [5.41, 5.74) is 0. The van der Waals surface area contributed by atoms with E-state index in [4.69, 9.17) is 4.43 Å². The molecule has 0 rings (SSSR count). The van der Waals surface area contributed by atoms with E-state index in [0.717, 1.165) is 16.9 Å². The third kappa shape index (κ3) is 4.42. The minimum absolute atomic E-state index is 0.330. The molecule has 1 unspecified atom stereocenters. The van der Waals surface area contributed by atoms with Crippen molar-refractivity contribution in [3.63, 3.8) is 0 Å². The number of rotatable bonds is 5. The van der Waals surface area contributed by atoms with Crippen molar-refractivity contribution in [2.24, 2.45) is 0 Å². The average molecular weight is 144 g/mol. The molecule has 0 aliphatic carbocycles. The van der Waals surface area contributed by atoms with Gasteiger partial charge in [0.25, 0.3) is 0 Å². The Morgan fingerprint density at radius 2 is 2.44 bits per heavy atom. The molecule has 0 aromatic carbocycles. The maximum atomic E-state index is 5.22. The molecular weight excluding hydrogens is 128 g/mol. The van der Waals surface area contributed by atoms with Crippen molar-refractivity contribution in [2.45, 2.75) is 32.3 Å². The smallest absolute Gasteiger partial charge is 0.146 e. The second kappa shape index (κ2) is 6.04. The lowest BCUT2D eigenvalue weighted by molar-refractivity contribution is 0.258. The summed E-state index contributed by atoms with van der Waals surface area (Å²) in [6, 6.07) is 0. The van der Waals surface area contributed by atoms with Crippen molar-refractivity contribution >= 4 is 10.5 Å². The molecule has 0 aromatic heterocycles. The van der Waals surface area contributed by atoms with Crippen LogP contribution in [0.2, 0.25) is 0 Å². The Labute approximate surface area is 60.6 Å². The van der Waals surface area contributed by atoms with Crippen LogP contribution in [0.1, 0.15) is 26.2 Å². The van der Waals surface area contributed by atoms with Crippen LogP contribution in [0.4, 0.5) is 0 Å². The molecule has 0 fully saturated rings. The van der Waals surface area contributed by atoms with Gasteiger partial charge in [-0.2, -0.15) is 0 Å². The summed E-state index contributed by atoms with van der Waals surface area (Å²) >= 11 is 0. The quantitative estimate of drug-likeness (QED) is 0.413. The highest BCUT2D eigenvalue weighted by atomic mass is 28.2. The molecule has 0 aliphatic heterocycles. The topological polar surface area (TPSA) is 9.23 Å². The van der Waals surface area contributed by atoms with Crippen LogP contribution in [-0.2, 0) is 4.43 Å². The molecule has 54 valence electrons. The van der Waals surface area contributed by atoms with Crippen LogP contribution < -0.4 is 0 Å². The van der Waals surface area contributed by atoms with Gasteiger partial charge in [0.15, 0.2) is 0 Å². The molecule has 0 saturated heterocycles. The summed E-state index contributed by atoms with van der Waals surface area (Å²) < 4.78 is 5.22. The van der Waals surface area contributed by atoms with Crippen LogP contribution in [0.25, 0.3) is 0 Å². The van der Waals surface area contributed by atoms with Gasteiger partial charge >= 0.3 is 0 Å². The molecule has 0 saturated carbocycles. The molecule has 2 heteroatoms. The Morgan fingerprint density at radius 1 is 1.78 bits per heavy atom. The molecule has 0 amide bonds. The first kappa shape index (κ1) is 8.92. The van der Waals surface area contributed by atoms with Crippen LogP contribution in [0.5, 0.6) is 0 Å². The van der Waals surface area contributed by atoms with Crippen molar-refractivity contribution in [3.8, 4) is 0 Å². The molecule has 1 atom stereocenters. The van der Waals surface area contributed by atoms with Crippen molar-refractivity contribution in [1.82, 2.24) is 0 Å². The zero-order chi connectivity index (χ0) is 7.11. The van der Waals surface area contributed by atoms with Gasteiger partial charge in [0, 0.05) is 0 Å². The Hall–Kier alpha value is -0.0831. The second-order valence-corrected chi connectivity index (χ2v) is 2.62. The van der Waals surface area contributed by atoms with Crippen LogP contribution >= 0.6 is 0 Å². The van der Waals surface area contributed by atoms with Gasteiger partial charge in [0.2, 0.25) is 0 Å². The molecular formula is C7H16OSi. The lowest BCUT2D eigenvalue weighted by atomic mass is 10.2. The predicted octanol–water partition coefficient (Wildman–Crippen LogP) is 1.03. The standard InChI is InChI=1S/C7H16OSi/c1-3-5-6-7(4-2)8-9/h4,7H,2-3,5-6H2,1,9H3. The first-order valence-corrected chi connectivity index (χ1v) is 4.32. The van der Waals surface area contributed by atoms with E-state index in [1.807, 2.05) is 6.08 Å². The fourth-order valence-corrected chi connectivity index (χ4v) is 1.17. The van der Waals surface area contributed by atoms with E-state index in [2.05, 4.69) is 13.5 Å². The summed E-state index contributed by atoms with van der Waals surface area (Å²) in [6.45, 7) is 5.87. The lowest BCUT2D eigenvalue weighted by Crippen LogP contribution is -2.06. The fourth-order valence-electron chi connectivity index (χ4n) is 0.737. The van der Waals surface area contributed by atoms with Gasteiger partial charge in [-0.15, -0.1) is 6.58 Å². The van der Waals surface area contributed by atoms with Gasteiger partial charge < -0.3 is 4.43 Å². The zero-order valence-electron chi connectivity index (χ0n) is 6.39. The fraction of sp³-hybridized carbons (Fsp3) is 0.714. The first-order valence-electron chi connectivity index (χ1n) is 3.50. The molecule has 0 aliphatic rings. The third-order valence-electron chi connectivity index (χ3n) is 1.41. The summed E-state index contributed by atoms with van der Waals surface area (Å²) in [7, 11) is 0.827. The molecule has 0 radical (unpaired) electrons. The van der Waals surface area contributed by atoms with Gasteiger partial charge in [-0.05, 0) is 6.42 Å². The highest BCUT2D eigenvalue weighted by Gasteiger charge is 1.97. The van der Waals surface area contributed by atoms with E-state index in [0.29, 0.717) is 6.10 Å². The van der Waals surface area contributed by atoms with Gasteiger partial charge in [-0.1, -0.05) is 25.8 Å². The number of hydrogen-bond donors (Lipinski definition) is 0. The molecule has 9 heavy (non-hydrogen) atoms. The Morgan fingerprint density at radius 3 is 2.78 bits per heavy atom. The minimum atomic E-state index is 0.330. The van der Waals surface area contributed by atoms with E-state index < -0.39 is 0 Å². The van der Waals surface area contributed by atoms with E-state index >= 15 is 0 Å². The van der Waals surface area contributed by atoms with Gasteiger partial charge in [0.1, 0.15) is 10.5 Å². The number of unbranched alkanes of at least 4 members (excludes halogenated alkanes) is 1. The highest BCUT2D eigenvalue weighted by Crippen LogP contribution is 2.03. The summed E-state index contributed by atoms with van der Waals surface area (Å²) in [5, 5.41) is 0. The Balaban J connectivity index is 3.20. The van der Waals surface area contributed by atoms with Gasteiger partial charge in [-0.25, -0.2) is 0 Å². The first-order chi connectivity index (χ1) is 4.35. The SMILES string of the molecule is C=CC(CCCC)O[SiH3]. The molecule has 1 nitrogen and oxygen atoms in total. The van der Waals surface area contributed by atoms with Crippen molar-refractivity contribution in [3.05, 3.63) is 12.7 Å². The van der Waals surface area contributed by atoms with Crippen LogP contribution in [0.15, 0.2) is 12.7 Å². The Kier molecular flexibility index (Phi) is 5.99. The van der Waals surface area contributed by atoms with Gasteiger partial charge in [-0.3, -0.25) is 0 Å². The van der Waals surface area contributed by atoms with E-state index in [1.165, 1.54) is 12.8 Å². The normalized spacial score (nSPS) is 13.4. The van der Waals surface area contributed by atoms with Crippen molar-refractivity contribution in [1.29, 1.82) is 0 Å². The maximum absolute atomic E-state index is 5.22. The average Bonchev–Trinajstić information content (AvgIpc) is 1.91. The summed E-state index contributed by atoms with van der Waals surface area (Å²) in [6.07, 6.45) is 5.86.